The molecule has 0 saturated heterocycles. The summed E-state index contributed by atoms with van der Waals surface area (Å²) in [6.45, 7) is 0.320. The standard InChI is InChI=1S/C13H10F3NO3/c14-13(15,16)11-2-1-9(5-10(11)12(18)19)17-6-8-3-4-20-7-8/h1-5,7,17H,6H2,(H,18,19). The Hall–Kier alpha value is -2.44. The third-order valence-corrected chi connectivity index (χ3v) is 2.63. The van der Waals surface area contributed by atoms with Crippen LogP contribution in [0.5, 0.6) is 0 Å². The van der Waals surface area contributed by atoms with Gasteiger partial charge in [0, 0.05) is 17.8 Å². The number of halogens is 3. The van der Waals surface area contributed by atoms with E-state index in [1.54, 1.807) is 6.07 Å². The van der Waals surface area contributed by atoms with Gasteiger partial charge in [-0.3, -0.25) is 0 Å². The second kappa shape index (κ2) is 5.28. The van der Waals surface area contributed by atoms with Crippen molar-refractivity contribution in [3.05, 3.63) is 53.5 Å². The molecule has 4 nitrogen and oxygen atoms in total. The average Bonchev–Trinajstić information content (AvgIpc) is 2.88. The van der Waals surface area contributed by atoms with Crippen molar-refractivity contribution in [2.75, 3.05) is 5.32 Å². The third-order valence-electron chi connectivity index (χ3n) is 2.63. The molecular weight excluding hydrogens is 275 g/mol. The van der Waals surface area contributed by atoms with Gasteiger partial charge in [-0.2, -0.15) is 13.2 Å². The predicted octanol–water partition coefficient (Wildman–Crippen LogP) is 3.61. The van der Waals surface area contributed by atoms with Gasteiger partial charge in [-0.05, 0) is 24.3 Å². The number of nitrogens with one attached hydrogen (secondary N) is 1. The molecule has 1 heterocycles. The van der Waals surface area contributed by atoms with Crippen LogP contribution in [0, 0.1) is 0 Å². The fourth-order valence-electron chi connectivity index (χ4n) is 1.68. The maximum atomic E-state index is 12.7. The van der Waals surface area contributed by atoms with Crippen molar-refractivity contribution in [3.63, 3.8) is 0 Å². The SMILES string of the molecule is O=C(O)c1cc(NCc2ccoc2)ccc1C(F)(F)F. The number of carbonyl (C=O) groups is 1. The van der Waals surface area contributed by atoms with Gasteiger partial charge in [0.25, 0.3) is 0 Å². The molecule has 2 aromatic rings. The van der Waals surface area contributed by atoms with Crippen LogP contribution in [0.15, 0.2) is 41.2 Å². The van der Waals surface area contributed by atoms with E-state index in [1.165, 1.54) is 18.6 Å². The largest absolute Gasteiger partial charge is 0.478 e. The summed E-state index contributed by atoms with van der Waals surface area (Å²) in [6, 6.07) is 4.59. The molecule has 0 amide bonds. The Morgan fingerprint density at radius 3 is 2.60 bits per heavy atom. The maximum absolute atomic E-state index is 12.7. The zero-order valence-corrected chi connectivity index (χ0v) is 10.1. The first-order valence-corrected chi connectivity index (χ1v) is 5.57. The highest BCUT2D eigenvalue weighted by molar-refractivity contribution is 5.91. The fraction of sp³-hybridized carbons (Fsp3) is 0.154. The second-order valence-electron chi connectivity index (χ2n) is 4.05. The molecule has 0 spiro atoms. The minimum Gasteiger partial charge on any atom is -0.478 e. The van der Waals surface area contributed by atoms with E-state index in [0.717, 1.165) is 17.7 Å². The second-order valence-corrected chi connectivity index (χ2v) is 4.05. The van der Waals surface area contributed by atoms with Crippen LogP contribution in [0.4, 0.5) is 18.9 Å². The molecule has 0 atom stereocenters. The van der Waals surface area contributed by atoms with E-state index in [2.05, 4.69) is 5.32 Å². The van der Waals surface area contributed by atoms with Crippen LogP contribution < -0.4 is 5.32 Å². The molecule has 1 aromatic carbocycles. The number of hydrogen-bond donors (Lipinski definition) is 2. The van der Waals surface area contributed by atoms with Crippen molar-refractivity contribution in [2.24, 2.45) is 0 Å². The Morgan fingerprint density at radius 2 is 2.05 bits per heavy atom. The van der Waals surface area contributed by atoms with Crippen molar-refractivity contribution < 1.29 is 27.5 Å². The van der Waals surface area contributed by atoms with Gasteiger partial charge in [0.15, 0.2) is 0 Å². The quantitative estimate of drug-likeness (QED) is 0.900. The summed E-state index contributed by atoms with van der Waals surface area (Å²) in [5.41, 5.74) is -0.869. The van der Waals surface area contributed by atoms with Crippen molar-refractivity contribution in [3.8, 4) is 0 Å². The van der Waals surface area contributed by atoms with E-state index >= 15 is 0 Å². The lowest BCUT2D eigenvalue weighted by Crippen LogP contribution is -2.13. The highest BCUT2D eigenvalue weighted by atomic mass is 19.4. The minimum atomic E-state index is -4.70. The molecule has 0 unspecified atom stereocenters. The average molecular weight is 285 g/mol. The van der Waals surface area contributed by atoms with E-state index in [9.17, 15) is 18.0 Å². The van der Waals surface area contributed by atoms with Crippen LogP contribution in [0.25, 0.3) is 0 Å². The van der Waals surface area contributed by atoms with Gasteiger partial charge in [-0.15, -0.1) is 0 Å². The van der Waals surface area contributed by atoms with Gasteiger partial charge in [0.05, 0.1) is 23.7 Å². The van der Waals surface area contributed by atoms with Crippen LogP contribution in [0.3, 0.4) is 0 Å². The monoisotopic (exact) mass is 285 g/mol. The Balaban J connectivity index is 2.24. The fourth-order valence-corrected chi connectivity index (χ4v) is 1.68. The number of furan rings is 1. The van der Waals surface area contributed by atoms with Crippen molar-refractivity contribution in [1.29, 1.82) is 0 Å². The van der Waals surface area contributed by atoms with E-state index in [-0.39, 0.29) is 5.69 Å². The first kappa shape index (κ1) is 14.0. The molecule has 0 aliphatic rings. The van der Waals surface area contributed by atoms with Gasteiger partial charge in [0.2, 0.25) is 0 Å². The normalized spacial score (nSPS) is 11.3. The van der Waals surface area contributed by atoms with Gasteiger partial charge >= 0.3 is 12.1 Å². The molecule has 106 valence electrons. The summed E-state index contributed by atoms with van der Waals surface area (Å²) >= 11 is 0. The number of aromatic carboxylic acids is 1. The molecule has 2 N–H and O–H groups in total. The molecule has 2 rings (SSSR count). The van der Waals surface area contributed by atoms with E-state index in [1.807, 2.05) is 0 Å². The van der Waals surface area contributed by atoms with E-state index in [0.29, 0.717) is 6.54 Å². The van der Waals surface area contributed by atoms with E-state index in [4.69, 9.17) is 9.52 Å². The zero-order valence-electron chi connectivity index (χ0n) is 10.1. The lowest BCUT2D eigenvalue weighted by Gasteiger charge is -2.12. The number of carboxylic acids is 1. The third kappa shape index (κ3) is 3.11. The van der Waals surface area contributed by atoms with Crippen LogP contribution in [0.1, 0.15) is 21.5 Å². The van der Waals surface area contributed by atoms with Crippen molar-refractivity contribution in [1.82, 2.24) is 0 Å². The zero-order chi connectivity index (χ0) is 14.8. The number of anilines is 1. The first-order valence-electron chi connectivity index (χ1n) is 5.57. The molecule has 0 radical (unpaired) electrons. The number of alkyl halides is 3. The van der Waals surface area contributed by atoms with Gasteiger partial charge in [-0.25, -0.2) is 4.79 Å². The molecule has 0 aliphatic heterocycles. The van der Waals surface area contributed by atoms with Gasteiger partial charge < -0.3 is 14.8 Å². The number of hydrogen-bond acceptors (Lipinski definition) is 3. The molecule has 0 aliphatic carbocycles. The molecule has 7 heteroatoms. The number of benzene rings is 1. The summed E-state index contributed by atoms with van der Waals surface area (Å²) < 4.78 is 42.8. The number of carboxylic acid groups (broad SMARTS) is 1. The van der Waals surface area contributed by atoms with Crippen LogP contribution in [0.2, 0.25) is 0 Å². The van der Waals surface area contributed by atoms with Crippen molar-refractivity contribution >= 4 is 11.7 Å². The lowest BCUT2D eigenvalue weighted by molar-refractivity contribution is -0.138. The summed E-state index contributed by atoms with van der Waals surface area (Å²) in [4.78, 5) is 10.9. The Kier molecular flexibility index (Phi) is 3.69. The smallest absolute Gasteiger partial charge is 0.417 e. The minimum absolute atomic E-state index is 0.289. The summed E-state index contributed by atoms with van der Waals surface area (Å²) in [6.07, 6.45) is -1.75. The molecule has 0 fully saturated rings. The summed E-state index contributed by atoms with van der Waals surface area (Å²) in [7, 11) is 0. The maximum Gasteiger partial charge on any atom is 0.417 e. The van der Waals surface area contributed by atoms with E-state index < -0.39 is 23.3 Å². The number of rotatable bonds is 4. The van der Waals surface area contributed by atoms with Crippen LogP contribution >= 0.6 is 0 Å². The topological polar surface area (TPSA) is 62.5 Å². The Morgan fingerprint density at radius 1 is 1.30 bits per heavy atom. The lowest BCUT2D eigenvalue weighted by atomic mass is 10.1. The Labute approximate surface area is 111 Å². The van der Waals surface area contributed by atoms with Gasteiger partial charge in [0.1, 0.15) is 0 Å². The first-order chi connectivity index (χ1) is 9.38. The molecule has 1 aromatic heterocycles. The van der Waals surface area contributed by atoms with Crippen molar-refractivity contribution in [2.45, 2.75) is 12.7 Å². The van der Waals surface area contributed by atoms with Gasteiger partial charge in [-0.1, -0.05) is 0 Å². The molecular formula is C13H10F3NO3. The molecule has 0 saturated carbocycles. The van der Waals surface area contributed by atoms with Crippen LogP contribution in [-0.2, 0) is 12.7 Å². The highest BCUT2D eigenvalue weighted by Crippen LogP contribution is 2.33. The highest BCUT2D eigenvalue weighted by Gasteiger charge is 2.35. The molecule has 20 heavy (non-hydrogen) atoms. The van der Waals surface area contributed by atoms with Crippen LogP contribution in [-0.4, -0.2) is 11.1 Å². The summed E-state index contributed by atoms with van der Waals surface area (Å²) in [5.74, 6) is -1.62. The summed E-state index contributed by atoms with van der Waals surface area (Å²) in [5, 5.41) is 11.7. The predicted molar refractivity (Wildman–Crippen MR) is 64.4 cm³/mol. The molecule has 0 bridgehead atoms. The Bertz CT molecular complexity index is 606.